The fraction of sp³-hybridized carbons (Fsp3) is 0.188. The Kier molecular flexibility index (Phi) is 4.79. The van der Waals surface area contributed by atoms with Gasteiger partial charge in [0.25, 0.3) is 5.91 Å². The molecular formula is C16H18N2O3. The van der Waals surface area contributed by atoms with Gasteiger partial charge in [0.1, 0.15) is 11.5 Å². The van der Waals surface area contributed by atoms with Crippen LogP contribution in [0.4, 0.5) is 5.69 Å². The van der Waals surface area contributed by atoms with Crippen LogP contribution in [0.5, 0.6) is 11.5 Å². The fourth-order valence-electron chi connectivity index (χ4n) is 1.98. The number of phenols is 1. The molecule has 21 heavy (non-hydrogen) atoms. The number of hydrogen-bond donors (Lipinski definition) is 3. The SMILES string of the molecule is CCOc1ccc(NC(=O)c2ccccc2O)cc1CN. The summed E-state index contributed by atoms with van der Waals surface area (Å²) in [5.41, 5.74) is 7.32. The van der Waals surface area contributed by atoms with Crippen molar-refractivity contribution < 1.29 is 14.6 Å². The highest BCUT2D eigenvalue weighted by Crippen LogP contribution is 2.24. The number of para-hydroxylation sites is 1. The van der Waals surface area contributed by atoms with Gasteiger partial charge >= 0.3 is 0 Å². The lowest BCUT2D eigenvalue weighted by atomic mass is 10.1. The van der Waals surface area contributed by atoms with Crippen molar-refractivity contribution in [3.8, 4) is 11.5 Å². The third-order valence-corrected chi connectivity index (χ3v) is 2.99. The van der Waals surface area contributed by atoms with Crippen molar-refractivity contribution in [2.45, 2.75) is 13.5 Å². The van der Waals surface area contributed by atoms with E-state index in [0.717, 1.165) is 5.56 Å². The molecule has 4 N–H and O–H groups in total. The van der Waals surface area contributed by atoms with E-state index in [4.69, 9.17) is 10.5 Å². The molecule has 110 valence electrons. The topological polar surface area (TPSA) is 84.6 Å². The van der Waals surface area contributed by atoms with E-state index in [1.807, 2.05) is 6.92 Å². The summed E-state index contributed by atoms with van der Waals surface area (Å²) < 4.78 is 5.46. The average Bonchev–Trinajstić information content (AvgIpc) is 2.49. The molecule has 0 radical (unpaired) electrons. The number of amides is 1. The molecule has 0 aliphatic heterocycles. The van der Waals surface area contributed by atoms with Crippen LogP contribution in [0.25, 0.3) is 0 Å². The first-order chi connectivity index (χ1) is 10.2. The maximum atomic E-state index is 12.1. The third-order valence-electron chi connectivity index (χ3n) is 2.99. The summed E-state index contributed by atoms with van der Waals surface area (Å²) in [6.07, 6.45) is 0. The third kappa shape index (κ3) is 3.52. The summed E-state index contributed by atoms with van der Waals surface area (Å²) in [4.78, 5) is 12.1. The van der Waals surface area contributed by atoms with Crippen molar-refractivity contribution in [3.05, 3.63) is 53.6 Å². The van der Waals surface area contributed by atoms with Crippen molar-refractivity contribution >= 4 is 11.6 Å². The molecule has 0 spiro atoms. The number of carbonyl (C=O) groups excluding carboxylic acids is 1. The molecule has 0 aromatic heterocycles. The van der Waals surface area contributed by atoms with Crippen molar-refractivity contribution in [2.24, 2.45) is 5.73 Å². The quantitative estimate of drug-likeness (QED) is 0.788. The summed E-state index contributed by atoms with van der Waals surface area (Å²) in [5, 5.41) is 12.4. The van der Waals surface area contributed by atoms with E-state index >= 15 is 0 Å². The highest BCUT2D eigenvalue weighted by Gasteiger charge is 2.11. The first-order valence-corrected chi connectivity index (χ1v) is 6.70. The lowest BCUT2D eigenvalue weighted by Gasteiger charge is -2.12. The summed E-state index contributed by atoms with van der Waals surface area (Å²) in [6, 6.07) is 11.7. The number of rotatable bonds is 5. The number of nitrogens with two attached hydrogens (primary N) is 1. The molecule has 2 aromatic carbocycles. The van der Waals surface area contributed by atoms with E-state index in [0.29, 0.717) is 24.6 Å². The number of hydrogen-bond acceptors (Lipinski definition) is 4. The van der Waals surface area contributed by atoms with E-state index in [9.17, 15) is 9.90 Å². The predicted molar refractivity (Wildman–Crippen MR) is 81.6 cm³/mol. The van der Waals surface area contributed by atoms with Gasteiger partial charge in [-0.15, -0.1) is 0 Å². The number of carbonyl (C=O) groups is 1. The summed E-state index contributed by atoms with van der Waals surface area (Å²) in [7, 11) is 0. The summed E-state index contributed by atoms with van der Waals surface area (Å²) >= 11 is 0. The minimum absolute atomic E-state index is 0.0556. The Hall–Kier alpha value is -2.53. The molecule has 0 unspecified atom stereocenters. The molecular weight excluding hydrogens is 268 g/mol. The molecule has 0 saturated carbocycles. The Morgan fingerprint density at radius 2 is 2.05 bits per heavy atom. The number of nitrogens with one attached hydrogen (secondary N) is 1. The van der Waals surface area contributed by atoms with Crippen LogP contribution in [0.2, 0.25) is 0 Å². The smallest absolute Gasteiger partial charge is 0.259 e. The minimum atomic E-state index is -0.375. The molecule has 0 aliphatic rings. The van der Waals surface area contributed by atoms with Crippen LogP contribution in [-0.2, 0) is 6.54 Å². The fourth-order valence-corrected chi connectivity index (χ4v) is 1.98. The number of anilines is 1. The molecule has 0 aliphatic carbocycles. The largest absolute Gasteiger partial charge is 0.507 e. The lowest BCUT2D eigenvalue weighted by Crippen LogP contribution is -2.12. The van der Waals surface area contributed by atoms with Gasteiger partial charge in [0.05, 0.1) is 12.2 Å². The van der Waals surface area contributed by atoms with Gasteiger partial charge < -0.3 is 20.9 Å². The maximum Gasteiger partial charge on any atom is 0.259 e. The Bertz CT molecular complexity index is 641. The van der Waals surface area contributed by atoms with Crippen LogP contribution < -0.4 is 15.8 Å². The highest BCUT2D eigenvalue weighted by atomic mass is 16.5. The second kappa shape index (κ2) is 6.76. The molecule has 0 saturated heterocycles. The van der Waals surface area contributed by atoms with E-state index in [1.54, 1.807) is 36.4 Å². The molecule has 5 nitrogen and oxygen atoms in total. The van der Waals surface area contributed by atoms with Crippen molar-refractivity contribution in [2.75, 3.05) is 11.9 Å². The average molecular weight is 286 g/mol. The van der Waals surface area contributed by atoms with E-state index < -0.39 is 0 Å². The van der Waals surface area contributed by atoms with Gasteiger partial charge in [-0.3, -0.25) is 4.79 Å². The minimum Gasteiger partial charge on any atom is -0.507 e. The van der Waals surface area contributed by atoms with Gasteiger partial charge in [0.2, 0.25) is 0 Å². The van der Waals surface area contributed by atoms with Crippen LogP contribution >= 0.6 is 0 Å². The molecule has 2 aromatic rings. The molecule has 0 bridgehead atoms. The zero-order valence-electron chi connectivity index (χ0n) is 11.8. The van der Waals surface area contributed by atoms with Crippen LogP contribution in [-0.4, -0.2) is 17.6 Å². The van der Waals surface area contributed by atoms with Gasteiger partial charge in [-0.1, -0.05) is 12.1 Å². The Morgan fingerprint density at radius 1 is 1.29 bits per heavy atom. The van der Waals surface area contributed by atoms with Gasteiger partial charge in [-0.05, 0) is 37.3 Å². The number of benzene rings is 2. The van der Waals surface area contributed by atoms with Crippen molar-refractivity contribution in [3.63, 3.8) is 0 Å². The molecule has 0 heterocycles. The number of aromatic hydroxyl groups is 1. The zero-order chi connectivity index (χ0) is 15.2. The molecule has 1 amide bonds. The van der Waals surface area contributed by atoms with Gasteiger partial charge in [-0.25, -0.2) is 0 Å². The van der Waals surface area contributed by atoms with Crippen LogP contribution in [0, 0.1) is 0 Å². The molecule has 5 heteroatoms. The monoisotopic (exact) mass is 286 g/mol. The van der Waals surface area contributed by atoms with Crippen LogP contribution in [0.15, 0.2) is 42.5 Å². The van der Waals surface area contributed by atoms with Crippen LogP contribution in [0.3, 0.4) is 0 Å². The van der Waals surface area contributed by atoms with Gasteiger partial charge in [-0.2, -0.15) is 0 Å². The molecule has 2 rings (SSSR count). The van der Waals surface area contributed by atoms with E-state index in [-0.39, 0.29) is 17.2 Å². The second-order valence-corrected chi connectivity index (χ2v) is 4.43. The maximum absolute atomic E-state index is 12.1. The van der Waals surface area contributed by atoms with Crippen molar-refractivity contribution in [1.82, 2.24) is 0 Å². The van der Waals surface area contributed by atoms with Crippen LogP contribution in [0.1, 0.15) is 22.8 Å². The number of phenolic OH excluding ortho intramolecular Hbond substituents is 1. The zero-order valence-corrected chi connectivity index (χ0v) is 11.8. The van der Waals surface area contributed by atoms with E-state index in [2.05, 4.69) is 5.32 Å². The predicted octanol–water partition coefficient (Wildman–Crippen LogP) is 2.50. The lowest BCUT2D eigenvalue weighted by molar-refractivity contribution is 0.102. The molecule has 0 atom stereocenters. The van der Waals surface area contributed by atoms with Crippen molar-refractivity contribution in [1.29, 1.82) is 0 Å². The normalized spacial score (nSPS) is 10.2. The Morgan fingerprint density at radius 3 is 2.71 bits per heavy atom. The van der Waals surface area contributed by atoms with Gasteiger partial charge in [0.15, 0.2) is 0 Å². The first-order valence-electron chi connectivity index (χ1n) is 6.70. The molecule has 0 fully saturated rings. The standard InChI is InChI=1S/C16H18N2O3/c1-2-21-15-8-7-12(9-11(15)10-17)18-16(20)13-5-3-4-6-14(13)19/h3-9,19H,2,10,17H2,1H3,(H,18,20). The summed E-state index contributed by atoms with van der Waals surface area (Å²) in [6.45, 7) is 2.76. The summed E-state index contributed by atoms with van der Waals surface area (Å²) in [5.74, 6) is 0.278. The van der Waals surface area contributed by atoms with E-state index in [1.165, 1.54) is 6.07 Å². The first kappa shape index (κ1) is 14.9. The highest BCUT2D eigenvalue weighted by molar-refractivity contribution is 6.06. The number of ether oxygens (including phenoxy) is 1. The Balaban J connectivity index is 2.20. The van der Waals surface area contributed by atoms with Gasteiger partial charge in [0, 0.05) is 17.8 Å². The Labute approximate surface area is 123 Å². The second-order valence-electron chi connectivity index (χ2n) is 4.43.